The van der Waals surface area contributed by atoms with Crippen molar-refractivity contribution in [2.24, 2.45) is 0 Å². The fraction of sp³-hybridized carbons (Fsp3) is 0.773. The number of carbonyl (C=O) groups excluding carboxylic acids is 2. The Morgan fingerprint density at radius 3 is 1.46 bits per heavy atom. The van der Waals surface area contributed by atoms with Gasteiger partial charge in [0.2, 0.25) is 0 Å². The highest BCUT2D eigenvalue weighted by atomic mass is 16.6. The van der Waals surface area contributed by atoms with Crippen LogP contribution in [0, 0.1) is 0 Å². The smallest absolute Gasteiger partial charge is 0.306 e. The lowest BCUT2D eigenvalue weighted by atomic mass is 10.0. The van der Waals surface area contributed by atoms with E-state index in [4.69, 9.17) is 9.47 Å². The summed E-state index contributed by atoms with van der Waals surface area (Å²) in [6.07, 6.45) is 46.7. The molecular formula is C44H78O6. The molecule has 0 aromatic heterocycles. The third-order valence-electron chi connectivity index (χ3n) is 8.93. The van der Waals surface area contributed by atoms with Crippen molar-refractivity contribution in [3.63, 3.8) is 0 Å². The molecule has 290 valence electrons. The highest BCUT2D eigenvalue weighted by Crippen LogP contribution is 2.15. The molecule has 0 bridgehead atoms. The predicted molar refractivity (Wildman–Crippen MR) is 211 cm³/mol. The Hall–Kier alpha value is -2.18. The quantitative estimate of drug-likeness (QED) is 0.0380. The Labute approximate surface area is 308 Å². The maximum Gasteiger partial charge on any atom is 0.306 e. The van der Waals surface area contributed by atoms with Gasteiger partial charge in [-0.25, -0.2) is 0 Å². The molecule has 0 aromatic carbocycles. The van der Waals surface area contributed by atoms with Gasteiger partial charge in [0.1, 0.15) is 6.61 Å². The molecule has 2 atom stereocenters. The van der Waals surface area contributed by atoms with E-state index >= 15 is 0 Å². The van der Waals surface area contributed by atoms with E-state index in [9.17, 15) is 19.8 Å². The largest absolute Gasteiger partial charge is 0.462 e. The van der Waals surface area contributed by atoms with Gasteiger partial charge in [0.25, 0.3) is 0 Å². The molecule has 0 aliphatic carbocycles. The summed E-state index contributed by atoms with van der Waals surface area (Å²) in [5.74, 6) is -0.672. The average Bonchev–Trinajstić information content (AvgIpc) is 3.11. The summed E-state index contributed by atoms with van der Waals surface area (Å²) in [6.45, 7) is 3.90. The van der Waals surface area contributed by atoms with Gasteiger partial charge in [0.05, 0.1) is 12.7 Å². The number of aliphatic hydroxyl groups is 2. The number of unbranched alkanes of at least 4 members (excludes halogenated alkanes) is 18. The molecule has 0 aromatic rings. The van der Waals surface area contributed by atoms with Crippen molar-refractivity contribution in [2.45, 2.75) is 206 Å². The second-order valence-corrected chi connectivity index (χ2v) is 13.9. The van der Waals surface area contributed by atoms with Crippen molar-refractivity contribution in [1.82, 2.24) is 0 Å². The van der Waals surface area contributed by atoms with E-state index in [0.29, 0.717) is 19.3 Å². The molecule has 0 saturated heterocycles. The highest BCUT2D eigenvalue weighted by molar-refractivity contribution is 5.70. The summed E-state index contributed by atoms with van der Waals surface area (Å²) >= 11 is 0. The maximum atomic E-state index is 12.2. The molecule has 0 radical (unpaired) electrons. The van der Waals surface area contributed by atoms with E-state index in [-0.39, 0.29) is 31.3 Å². The zero-order chi connectivity index (χ0) is 36.6. The van der Waals surface area contributed by atoms with Crippen LogP contribution in [-0.4, -0.2) is 47.6 Å². The molecular weight excluding hydrogens is 624 g/mol. The molecule has 0 saturated carbocycles. The number of rotatable bonds is 37. The average molecular weight is 703 g/mol. The summed E-state index contributed by atoms with van der Waals surface area (Å²) in [5, 5.41) is 19.3. The van der Waals surface area contributed by atoms with Gasteiger partial charge in [0, 0.05) is 12.8 Å². The van der Waals surface area contributed by atoms with E-state index in [1.807, 2.05) is 0 Å². The third kappa shape index (κ3) is 37.1. The Balaban J connectivity index is 3.64. The van der Waals surface area contributed by atoms with Crippen LogP contribution in [0.1, 0.15) is 194 Å². The summed E-state index contributed by atoms with van der Waals surface area (Å²) in [4.78, 5) is 24.3. The van der Waals surface area contributed by atoms with Crippen molar-refractivity contribution < 1.29 is 29.3 Å². The third-order valence-corrected chi connectivity index (χ3v) is 8.93. The Morgan fingerprint density at radius 1 is 0.540 bits per heavy atom. The topological polar surface area (TPSA) is 93.1 Å². The minimum absolute atomic E-state index is 0.104. The van der Waals surface area contributed by atoms with Crippen LogP contribution >= 0.6 is 0 Å². The van der Waals surface area contributed by atoms with Crippen molar-refractivity contribution in [1.29, 1.82) is 0 Å². The summed E-state index contributed by atoms with van der Waals surface area (Å²) in [5.41, 5.74) is 0. The van der Waals surface area contributed by atoms with Crippen LogP contribution in [0.3, 0.4) is 0 Å². The summed E-state index contributed by atoms with van der Waals surface area (Å²) in [6, 6.07) is 0. The molecule has 0 spiro atoms. The summed E-state index contributed by atoms with van der Waals surface area (Å²) < 4.78 is 10.6. The van der Waals surface area contributed by atoms with Crippen molar-refractivity contribution in [2.75, 3.05) is 13.2 Å². The number of allylic oxidation sites excluding steroid dienone is 7. The van der Waals surface area contributed by atoms with Gasteiger partial charge >= 0.3 is 11.9 Å². The lowest BCUT2D eigenvalue weighted by Crippen LogP contribution is -2.28. The second kappa shape index (κ2) is 39.6. The number of esters is 2. The van der Waals surface area contributed by atoms with E-state index in [1.165, 1.54) is 96.3 Å². The van der Waals surface area contributed by atoms with Crippen LogP contribution in [0.15, 0.2) is 48.6 Å². The fourth-order valence-corrected chi connectivity index (χ4v) is 5.80. The molecule has 2 N–H and O–H groups in total. The van der Waals surface area contributed by atoms with Crippen molar-refractivity contribution in [3.8, 4) is 0 Å². The molecule has 6 heteroatoms. The zero-order valence-corrected chi connectivity index (χ0v) is 32.5. The van der Waals surface area contributed by atoms with Gasteiger partial charge in [-0.2, -0.15) is 0 Å². The minimum atomic E-state index is -0.801. The van der Waals surface area contributed by atoms with Crippen LogP contribution in [0.25, 0.3) is 0 Å². The van der Waals surface area contributed by atoms with E-state index in [2.05, 4.69) is 62.5 Å². The standard InChI is InChI=1S/C44H78O6/c1-3-5-6-7-8-9-10-11-12-13-14-15-18-22-25-28-31-34-38-44(48)50-42(39-45)40-49-43(47)37-33-30-27-24-21-19-16-17-20-23-26-29-32-36-41(46)35-4-2/h16,19-20,23-24,27,29,32,41-42,45-46H,3-15,17-18,21-22,25-26,28,30-31,33-40H2,1-2H3/b19-16-,23-20-,27-24-,32-29-/t41?,42-/m0/s1. The number of hydrogen-bond acceptors (Lipinski definition) is 6. The number of ether oxygens (including phenoxy) is 2. The lowest BCUT2D eigenvalue weighted by molar-refractivity contribution is -0.161. The molecule has 6 nitrogen and oxygen atoms in total. The molecule has 50 heavy (non-hydrogen) atoms. The monoisotopic (exact) mass is 703 g/mol. The van der Waals surface area contributed by atoms with Gasteiger partial charge in [0.15, 0.2) is 6.10 Å². The van der Waals surface area contributed by atoms with Gasteiger partial charge < -0.3 is 19.7 Å². The van der Waals surface area contributed by atoms with Crippen LogP contribution in [0.4, 0.5) is 0 Å². The molecule has 0 aliphatic heterocycles. The Kier molecular flexibility index (Phi) is 37.9. The first-order valence-corrected chi connectivity index (χ1v) is 20.8. The SMILES string of the molecule is CCCCCCCCCCCCCCCCCCCCC(=O)O[C@@H](CO)COC(=O)CCC/C=C\C/C=C\C/C=C\C/C=C\CC(O)CCC. The van der Waals surface area contributed by atoms with Gasteiger partial charge in [-0.15, -0.1) is 0 Å². The maximum absolute atomic E-state index is 12.2. The molecule has 0 amide bonds. The van der Waals surface area contributed by atoms with Crippen LogP contribution in [-0.2, 0) is 19.1 Å². The van der Waals surface area contributed by atoms with Crippen molar-refractivity contribution >= 4 is 11.9 Å². The summed E-state index contributed by atoms with van der Waals surface area (Å²) in [7, 11) is 0. The van der Waals surface area contributed by atoms with Gasteiger partial charge in [-0.05, 0) is 51.4 Å². The van der Waals surface area contributed by atoms with Crippen LogP contribution < -0.4 is 0 Å². The first kappa shape index (κ1) is 47.8. The van der Waals surface area contributed by atoms with Gasteiger partial charge in [-0.1, -0.05) is 178 Å². The second-order valence-electron chi connectivity index (χ2n) is 13.9. The molecule has 1 unspecified atom stereocenters. The zero-order valence-electron chi connectivity index (χ0n) is 32.5. The van der Waals surface area contributed by atoms with Gasteiger partial charge in [-0.3, -0.25) is 9.59 Å². The predicted octanol–water partition coefficient (Wildman–Crippen LogP) is 12.0. The van der Waals surface area contributed by atoms with Crippen LogP contribution in [0.5, 0.6) is 0 Å². The molecule has 0 rings (SSSR count). The molecule has 0 heterocycles. The molecule has 0 fully saturated rings. The molecule has 0 aliphatic rings. The first-order chi connectivity index (χ1) is 24.5. The fourth-order valence-electron chi connectivity index (χ4n) is 5.80. The lowest BCUT2D eigenvalue weighted by Gasteiger charge is -2.15. The Morgan fingerprint density at radius 2 is 0.980 bits per heavy atom. The number of hydrogen-bond donors (Lipinski definition) is 2. The van der Waals surface area contributed by atoms with E-state index in [0.717, 1.165) is 64.2 Å². The number of aliphatic hydroxyl groups excluding tert-OH is 2. The highest BCUT2D eigenvalue weighted by Gasteiger charge is 2.16. The van der Waals surface area contributed by atoms with Crippen molar-refractivity contribution in [3.05, 3.63) is 48.6 Å². The van der Waals surface area contributed by atoms with Crippen LogP contribution in [0.2, 0.25) is 0 Å². The number of carbonyl (C=O) groups is 2. The first-order valence-electron chi connectivity index (χ1n) is 20.8. The minimum Gasteiger partial charge on any atom is -0.462 e. The van der Waals surface area contributed by atoms with E-state index in [1.54, 1.807) is 0 Å². The van der Waals surface area contributed by atoms with E-state index < -0.39 is 6.10 Å². The normalized spacial score (nSPS) is 13.3. The Bertz CT molecular complexity index is 861.